The maximum absolute atomic E-state index is 6.33. The second-order valence-corrected chi connectivity index (χ2v) is 5.19. The van der Waals surface area contributed by atoms with Crippen LogP contribution < -0.4 is 5.73 Å². The van der Waals surface area contributed by atoms with Crippen LogP contribution in [0, 0.1) is 0 Å². The first kappa shape index (κ1) is 14.7. The summed E-state index contributed by atoms with van der Waals surface area (Å²) < 4.78 is 5.48. The Hall–Kier alpha value is -1.68. The number of nitrogens with two attached hydrogens (primary N) is 1. The van der Waals surface area contributed by atoms with Crippen molar-refractivity contribution < 1.29 is 4.52 Å². The summed E-state index contributed by atoms with van der Waals surface area (Å²) in [4.78, 5) is 4.57. The molecule has 0 aliphatic heterocycles. The van der Waals surface area contributed by atoms with Crippen LogP contribution in [0.4, 0.5) is 0 Å². The fraction of sp³-hybridized carbons (Fsp3) is 0.500. The van der Waals surface area contributed by atoms with Gasteiger partial charge in [-0.05, 0) is 24.8 Å². The molecule has 2 aromatic rings. The molecule has 0 spiro atoms. The van der Waals surface area contributed by atoms with Crippen LogP contribution in [0.3, 0.4) is 0 Å². The number of nitrogens with zero attached hydrogens (tertiary/aromatic N) is 2. The second-order valence-electron chi connectivity index (χ2n) is 5.19. The Morgan fingerprint density at radius 1 is 1.15 bits per heavy atom. The highest BCUT2D eigenvalue weighted by Gasteiger charge is 2.30. The molecule has 0 bridgehead atoms. The normalized spacial score (nSPS) is 13.4. The summed E-state index contributed by atoms with van der Waals surface area (Å²) in [6.07, 6.45) is 2.51. The molecule has 2 N–H and O–H groups in total. The topological polar surface area (TPSA) is 64.9 Å². The fourth-order valence-electron chi connectivity index (χ4n) is 2.38. The van der Waals surface area contributed by atoms with Crippen molar-refractivity contribution in [1.82, 2.24) is 10.1 Å². The largest absolute Gasteiger partial charge is 0.339 e. The second kappa shape index (κ2) is 6.18. The monoisotopic (exact) mass is 273 g/mol. The Morgan fingerprint density at radius 3 is 2.35 bits per heavy atom. The molecule has 0 radical (unpaired) electrons. The predicted octanol–water partition coefficient (Wildman–Crippen LogP) is 3.59. The number of aromatic nitrogens is 2. The average molecular weight is 273 g/mol. The van der Waals surface area contributed by atoms with Crippen molar-refractivity contribution >= 4 is 0 Å². The van der Waals surface area contributed by atoms with Crippen molar-refractivity contribution in [2.75, 3.05) is 0 Å². The molecule has 1 unspecified atom stereocenters. The molecular formula is C16H23N3O. The summed E-state index contributed by atoms with van der Waals surface area (Å²) in [6, 6.07) is 10.2. The zero-order chi connectivity index (χ0) is 14.6. The molecule has 0 fully saturated rings. The van der Waals surface area contributed by atoms with Crippen LogP contribution in [0.1, 0.15) is 63.2 Å². The number of hydrogen-bond donors (Lipinski definition) is 1. The third kappa shape index (κ3) is 2.75. The smallest absolute Gasteiger partial charge is 0.234 e. The predicted molar refractivity (Wildman–Crippen MR) is 79.3 cm³/mol. The molecule has 1 atom stereocenters. The zero-order valence-electron chi connectivity index (χ0n) is 12.5. The number of benzene rings is 1. The highest BCUT2D eigenvalue weighted by Crippen LogP contribution is 2.29. The summed E-state index contributed by atoms with van der Waals surface area (Å²) in [6.45, 7) is 6.22. The molecule has 0 saturated carbocycles. The van der Waals surface area contributed by atoms with Crippen molar-refractivity contribution in [3.8, 4) is 0 Å². The number of hydrogen-bond acceptors (Lipinski definition) is 4. The van der Waals surface area contributed by atoms with E-state index < -0.39 is 5.54 Å². The van der Waals surface area contributed by atoms with Crippen LogP contribution in [0.2, 0.25) is 0 Å². The van der Waals surface area contributed by atoms with E-state index in [9.17, 15) is 0 Å². The highest BCUT2D eigenvalue weighted by atomic mass is 16.5. The van der Waals surface area contributed by atoms with Gasteiger partial charge in [-0.1, -0.05) is 56.3 Å². The van der Waals surface area contributed by atoms with Gasteiger partial charge in [-0.25, -0.2) is 0 Å². The minimum Gasteiger partial charge on any atom is -0.339 e. The third-order valence-corrected chi connectivity index (χ3v) is 4.06. The molecule has 0 saturated heterocycles. The SMILES string of the molecule is CCC(c1ccccc1)c1nc(C(N)(CC)CC)no1. The Kier molecular flexibility index (Phi) is 4.55. The van der Waals surface area contributed by atoms with Gasteiger partial charge in [-0.15, -0.1) is 0 Å². The highest BCUT2D eigenvalue weighted by molar-refractivity contribution is 5.24. The lowest BCUT2D eigenvalue weighted by Gasteiger charge is -2.21. The van der Waals surface area contributed by atoms with Crippen LogP contribution in [-0.2, 0) is 5.54 Å². The maximum atomic E-state index is 6.33. The Labute approximate surface area is 120 Å². The van der Waals surface area contributed by atoms with Crippen molar-refractivity contribution in [2.45, 2.75) is 51.5 Å². The van der Waals surface area contributed by atoms with E-state index >= 15 is 0 Å². The number of rotatable bonds is 6. The third-order valence-electron chi connectivity index (χ3n) is 4.06. The van der Waals surface area contributed by atoms with Crippen LogP contribution in [0.5, 0.6) is 0 Å². The van der Waals surface area contributed by atoms with E-state index in [0.29, 0.717) is 11.7 Å². The molecular weight excluding hydrogens is 250 g/mol. The molecule has 0 aliphatic rings. The Morgan fingerprint density at radius 2 is 1.80 bits per heavy atom. The first-order valence-corrected chi connectivity index (χ1v) is 7.32. The van der Waals surface area contributed by atoms with E-state index in [1.807, 2.05) is 32.0 Å². The van der Waals surface area contributed by atoms with Crippen molar-refractivity contribution in [2.24, 2.45) is 5.73 Å². The van der Waals surface area contributed by atoms with Crippen LogP contribution >= 0.6 is 0 Å². The molecule has 1 aromatic carbocycles. The molecule has 4 heteroatoms. The molecule has 2 rings (SSSR count). The van der Waals surface area contributed by atoms with Gasteiger partial charge >= 0.3 is 0 Å². The summed E-state index contributed by atoms with van der Waals surface area (Å²) in [5.41, 5.74) is 7.03. The zero-order valence-corrected chi connectivity index (χ0v) is 12.5. The minimum absolute atomic E-state index is 0.135. The van der Waals surface area contributed by atoms with E-state index in [1.54, 1.807) is 0 Å². The lowest BCUT2D eigenvalue weighted by Crippen LogP contribution is -2.36. The van der Waals surface area contributed by atoms with Gasteiger partial charge < -0.3 is 10.3 Å². The van der Waals surface area contributed by atoms with Crippen LogP contribution in [-0.4, -0.2) is 10.1 Å². The Bertz CT molecular complexity index is 532. The van der Waals surface area contributed by atoms with Gasteiger partial charge in [-0.2, -0.15) is 4.98 Å². The van der Waals surface area contributed by atoms with Crippen LogP contribution in [0.15, 0.2) is 34.9 Å². The van der Waals surface area contributed by atoms with Gasteiger partial charge in [-0.3, -0.25) is 0 Å². The first-order chi connectivity index (χ1) is 9.64. The van der Waals surface area contributed by atoms with Gasteiger partial charge in [0.05, 0.1) is 11.5 Å². The van der Waals surface area contributed by atoms with E-state index in [-0.39, 0.29) is 5.92 Å². The van der Waals surface area contributed by atoms with E-state index in [1.165, 1.54) is 5.56 Å². The first-order valence-electron chi connectivity index (χ1n) is 7.32. The standard InChI is InChI=1S/C16H23N3O/c1-4-13(12-10-8-7-9-11-12)14-18-15(19-20-14)16(17,5-2)6-3/h7-11,13H,4-6,17H2,1-3H3. The lowest BCUT2D eigenvalue weighted by atomic mass is 9.93. The summed E-state index contributed by atoms with van der Waals surface area (Å²) in [7, 11) is 0. The van der Waals surface area contributed by atoms with Crippen molar-refractivity contribution in [1.29, 1.82) is 0 Å². The maximum Gasteiger partial charge on any atom is 0.234 e. The summed E-state index contributed by atoms with van der Waals surface area (Å²) in [5, 5.41) is 4.11. The molecule has 1 aromatic heterocycles. The van der Waals surface area contributed by atoms with Crippen molar-refractivity contribution in [3.63, 3.8) is 0 Å². The van der Waals surface area contributed by atoms with Crippen molar-refractivity contribution in [3.05, 3.63) is 47.6 Å². The average Bonchev–Trinajstić information content (AvgIpc) is 2.98. The molecule has 4 nitrogen and oxygen atoms in total. The van der Waals surface area contributed by atoms with Gasteiger partial charge in [0.2, 0.25) is 5.89 Å². The Balaban J connectivity index is 2.32. The molecule has 1 heterocycles. The van der Waals surface area contributed by atoms with Gasteiger partial charge in [0.25, 0.3) is 0 Å². The van der Waals surface area contributed by atoms with Crippen LogP contribution in [0.25, 0.3) is 0 Å². The minimum atomic E-state index is -0.489. The van der Waals surface area contributed by atoms with Gasteiger partial charge in [0.15, 0.2) is 5.82 Å². The van der Waals surface area contributed by atoms with Gasteiger partial charge in [0.1, 0.15) is 0 Å². The van der Waals surface area contributed by atoms with E-state index in [0.717, 1.165) is 19.3 Å². The fourth-order valence-corrected chi connectivity index (χ4v) is 2.38. The van der Waals surface area contributed by atoms with E-state index in [4.69, 9.17) is 10.3 Å². The molecule has 0 aliphatic carbocycles. The quantitative estimate of drug-likeness (QED) is 0.873. The van der Waals surface area contributed by atoms with E-state index in [2.05, 4.69) is 29.2 Å². The lowest BCUT2D eigenvalue weighted by molar-refractivity contribution is 0.329. The summed E-state index contributed by atoms with van der Waals surface area (Å²) >= 11 is 0. The molecule has 0 amide bonds. The van der Waals surface area contributed by atoms with Gasteiger partial charge in [0, 0.05) is 0 Å². The summed E-state index contributed by atoms with van der Waals surface area (Å²) in [5.74, 6) is 1.41. The molecule has 20 heavy (non-hydrogen) atoms. The molecule has 108 valence electrons.